The topological polar surface area (TPSA) is 12.0 Å². The summed E-state index contributed by atoms with van der Waals surface area (Å²) in [6.45, 7) is 5.13. The first-order valence-corrected chi connectivity index (χ1v) is 8.75. The van der Waals surface area contributed by atoms with Gasteiger partial charge < -0.3 is 5.32 Å². The Morgan fingerprint density at radius 3 is 2.58 bits per heavy atom. The molecular weight excluding hydrogens is 409 g/mol. The lowest BCUT2D eigenvalue weighted by Gasteiger charge is -2.17. The van der Waals surface area contributed by atoms with Crippen LogP contribution in [0.15, 0.2) is 32.5 Å². The number of thiophene rings is 1. The molecule has 2 rings (SSSR count). The molecule has 0 aliphatic carbocycles. The highest BCUT2D eigenvalue weighted by Crippen LogP contribution is 2.37. The standard InChI is InChI=1S/C14H14Br2ClNS/c1-3-18-13(12-7-11(17)14(16)19-12)9-4-5-10(15)8(2)6-9/h4-7,13,18H,3H2,1-2H3. The van der Waals surface area contributed by atoms with Crippen LogP contribution in [0.1, 0.15) is 29.0 Å². The summed E-state index contributed by atoms with van der Waals surface area (Å²) in [6, 6.07) is 8.66. The predicted octanol–water partition coefficient (Wildman–Crippen LogP) is 5.93. The van der Waals surface area contributed by atoms with Gasteiger partial charge in [-0.05, 0) is 52.7 Å². The molecule has 0 saturated carbocycles. The van der Waals surface area contributed by atoms with Crippen LogP contribution in [0.5, 0.6) is 0 Å². The first-order chi connectivity index (χ1) is 9.02. The van der Waals surface area contributed by atoms with Gasteiger partial charge >= 0.3 is 0 Å². The van der Waals surface area contributed by atoms with Crippen molar-refractivity contribution in [1.29, 1.82) is 0 Å². The van der Waals surface area contributed by atoms with Crippen molar-refractivity contribution >= 4 is 54.8 Å². The van der Waals surface area contributed by atoms with E-state index in [1.54, 1.807) is 11.3 Å². The molecule has 0 fully saturated rings. The van der Waals surface area contributed by atoms with Crippen molar-refractivity contribution in [2.75, 3.05) is 6.54 Å². The number of nitrogens with one attached hydrogen (secondary N) is 1. The summed E-state index contributed by atoms with van der Waals surface area (Å²) >= 11 is 14.9. The molecule has 1 atom stereocenters. The molecule has 0 bridgehead atoms. The second kappa shape index (κ2) is 6.72. The number of aryl methyl sites for hydroxylation is 1. The second-order valence-electron chi connectivity index (χ2n) is 4.27. The van der Waals surface area contributed by atoms with Crippen LogP contribution >= 0.6 is 54.8 Å². The van der Waals surface area contributed by atoms with E-state index in [4.69, 9.17) is 11.6 Å². The van der Waals surface area contributed by atoms with Crippen molar-refractivity contribution in [2.24, 2.45) is 0 Å². The lowest BCUT2D eigenvalue weighted by Crippen LogP contribution is -2.21. The summed E-state index contributed by atoms with van der Waals surface area (Å²) in [4.78, 5) is 1.22. The third kappa shape index (κ3) is 3.61. The van der Waals surface area contributed by atoms with Crippen molar-refractivity contribution in [3.8, 4) is 0 Å². The number of rotatable bonds is 4. The van der Waals surface area contributed by atoms with E-state index in [0.29, 0.717) is 0 Å². The molecule has 0 spiro atoms. The summed E-state index contributed by atoms with van der Waals surface area (Å²) in [5, 5.41) is 4.29. The molecule has 102 valence electrons. The lowest BCUT2D eigenvalue weighted by molar-refractivity contribution is 0.639. The molecule has 1 N–H and O–H groups in total. The molecule has 1 heterocycles. The van der Waals surface area contributed by atoms with E-state index in [2.05, 4.69) is 69.2 Å². The fourth-order valence-corrected chi connectivity index (χ4v) is 4.04. The SMILES string of the molecule is CCNC(c1ccc(Br)c(C)c1)c1cc(Cl)c(Br)s1. The third-order valence-corrected chi connectivity index (χ3v) is 6.30. The van der Waals surface area contributed by atoms with Gasteiger partial charge in [0.2, 0.25) is 0 Å². The number of benzene rings is 1. The number of halogens is 3. The Kier molecular flexibility index (Phi) is 5.49. The maximum Gasteiger partial charge on any atom is 0.0888 e. The summed E-state index contributed by atoms with van der Waals surface area (Å²) in [6.07, 6.45) is 0. The zero-order valence-corrected chi connectivity index (χ0v) is 15.4. The maximum atomic E-state index is 6.15. The van der Waals surface area contributed by atoms with Gasteiger partial charge in [-0.15, -0.1) is 11.3 Å². The summed E-state index contributed by atoms with van der Waals surface area (Å²) < 4.78 is 2.12. The highest BCUT2D eigenvalue weighted by molar-refractivity contribution is 9.11. The smallest absolute Gasteiger partial charge is 0.0888 e. The quantitative estimate of drug-likeness (QED) is 0.642. The molecular formula is C14H14Br2ClNS. The zero-order valence-electron chi connectivity index (χ0n) is 10.6. The highest BCUT2D eigenvalue weighted by atomic mass is 79.9. The minimum atomic E-state index is 0.186. The Labute approximate surface area is 139 Å². The van der Waals surface area contributed by atoms with E-state index in [9.17, 15) is 0 Å². The second-order valence-corrected chi connectivity index (χ2v) is 7.93. The molecule has 0 aliphatic rings. The van der Waals surface area contributed by atoms with Crippen molar-refractivity contribution in [1.82, 2.24) is 5.32 Å². The number of hydrogen-bond acceptors (Lipinski definition) is 2. The monoisotopic (exact) mass is 421 g/mol. The van der Waals surface area contributed by atoms with Crippen LogP contribution in [-0.2, 0) is 0 Å². The Bertz CT molecular complexity index is 563. The first-order valence-electron chi connectivity index (χ1n) is 5.97. The van der Waals surface area contributed by atoms with Crippen molar-refractivity contribution in [2.45, 2.75) is 19.9 Å². The van der Waals surface area contributed by atoms with Crippen LogP contribution in [0.2, 0.25) is 5.02 Å². The van der Waals surface area contributed by atoms with E-state index in [1.807, 2.05) is 6.07 Å². The molecule has 2 aromatic rings. The van der Waals surface area contributed by atoms with Crippen molar-refractivity contribution in [3.05, 3.63) is 53.6 Å². The Morgan fingerprint density at radius 1 is 1.32 bits per heavy atom. The molecule has 1 aromatic carbocycles. The number of hydrogen-bond donors (Lipinski definition) is 1. The van der Waals surface area contributed by atoms with Gasteiger partial charge in [-0.1, -0.05) is 46.6 Å². The Hall–Kier alpha value is 0.130. The fourth-order valence-electron chi connectivity index (χ4n) is 1.94. The third-order valence-electron chi connectivity index (χ3n) is 2.87. The maximum absolute atomic E-state index is 6.15. The van der Waals surface area contributed by atoms with Crippen LogP contribution in [0, 0.1) is 6.92 Å². The largest absolute Gasteiger partial charge is 0.306 e. The highest BCUT2D eigenvalue weighted by Gasteiger charge is 2.17. The van der Waals surface area contributed by atoms with Crippen LogP contribution in [0.25, 0.3) is 0 Å². The molecule has 1 unspecified atom stereocenters. The molecule has 1 aromatic heterocycles. The van der Waals surface area contributed by atoms with Crippen molar-refractivity contribution in [3.63, 3.8) is 0 Å². The summed E-state index contributed by atoms with van der Waals surface area (Å²) in [5.74, 6) is 0. The Morgan fingerprint density at radius 2 is 2.05 bits per heavy atom. The van der Waals surface area contributed by atoms with Gasteiger partial charge in [0.15, 0.2) is 0 Å². The molecule has 19 heavy (non-hydrogen) atoms. The fraction of sp³-hybridized carbons (Fsp3) is 0.286. The molecule has 1 nitrogen and oxygen atoms in total. The van der Waals surface area contributed by atoms with Gasteiger partial charge in [0.25, 0.3) is 0 Å². The lowest BCUT2D eigenvalue weighted by atomic mass is 10.0. The van der Waals surface area contributed by atoms with Crippen LogP contribution in [0.3, 0.4) is 0 Å². The molecule has 0 aliphatic heterocycles. The molecule has 0 amide bonds. The average Bonchev–Trinajstić information content (AvgIpc) is 2.70. The van der Waals surface area contributed by atoms with Gasteiger partial charge in [0.1, 0.15) is 0 Å². The van der Waals surface area contributed by atoms with Gasteiger partial charge in [-0.25, -0.2) is 0 Å². The van der Waals surface area contributed by atoms with Gasteiger partial charge in [-0.2, -0.15) is 0 Å². The molecule has 0 saturated heterocycles. The van der Waals surface area contributed by atoms with Crippen LogP contribution in [-0.4, -0.2) is 6.54 Å². The first kappa shape index (κ1) is 15.5. The van der Waals surface area contributed by atoms with Gasteiger partial charge in [0.05, 0.1) is 14.9 Å². The average molecular weight is 424 g/mol. The van der Waals surface area contributed by atoms with E-state index in [-0.39, 0.29) is 6.04 Å². The minimum absolute atomic E-state index is 0.186. The molecule has 0 radical (unpaired) electrons. The normalized spacial score (nSPS) is 12.7. The van der Waals surface area contributed by atoms with Crippen molar-refractivity contribution < 1.29 is 0 Å². The predicted molar refractivity (Wildman–Crippen MR) is 91.4 cm³/mol. The molecule has 5 heteroatoms. The minimum Gasteiger partial charge on any atom is -0.306 e. The summed E-state index contributed by atoms with van der Waals surface area (Å²) in [5.41, 5.74) is 2.50. The van der Waals surface area contributed by atoms with Crippen LogP contribution < -0.4 is 5.32 Å². The summed E-state index contributed by atoms with van der Waals surface area (Å²) in [7, 11) is 0. The van der Waals surface area contributed by atoms with Gasteiger partial charge in [-0.3, -0.25) is 0 Å². The van der Waals surface area contributed by atoms with Gasteiger partial charge in [0, 0.05) is 9.35 Å². The van der Waals surface area contributed by atoms with E-state index < -0.39 is 0 Å². The van der Waals surface area contributed by atoms with E-state index in [1.165, 1.54) is 16.0 Å². The van der Waals surface area contributed by atoms with E-state index >= 15 is 0 Å². The van der Waals surface area contributed by atoms with E-state index in [0.717, 1.165) is 19.8 Å². The van der Waals surface area contributed by atoms with Crippen LogP contribution in [0.4, 0.5) is 0 Å². The Balaban J connectivity index is 2.41. The zero-order chi connectivity index (χ0) is 14.0.